The Kier molecular flexibility index (Phi) is 5.31. The zero-order valence-corrected chi connectivity index (χ0v) is 17.6. The van der Waals surface area contributed by atoms with E-state index in [0.717, 1.165) is 23.1 Å². The zero-order chi connectivity index (χ0) is 19.7. The van der Waals surface area contributed by atoms with E-state index in [0.29, 0.717) is 26.2 Å². The van der Waals surface area contributed by atoms with E-state index in [1.165, 1.54) is 21.0 Å². The number of piperazine rings is 1. The molecule has 148 valence electrons. The summed E-state index contributed by atoms with van der Waals surface area (Å²) in [5.74, 6) is 1.71. The summed E-state index contributed by atoms with van der Waals surface area (Å²) in [5.41, 5.74) is 3.25. The second-order valence-corrected chi connectivity index (χ2v) is 9.91. The second-order valence-electron chi connectivity index (χ2n) is 6.94. The fraction of sp³-hybridized carbons (Fsp3) is 0.368. The highest BCUT2D eigenvalue weighted by atomic mass is 32.2. The number of aromatic nitrogens is 2. The minimum absolute atomic E-state index is 0.515. The molecule has 0 radical (unpaired) electrons. The molecule has 2 aliphatic rings. The smallest absolute Gasteiger partial charge is 0.211 e. The number of pyridine rings is 2. The van der Waals surface area contributed by atoms with Gasteiger partial charge in [-0.15, -0.1) is 11.8 Å². The highest BCUT2D eigenvalue weighted by Gasteiger charge is 2.24. The molecule has 0 unspecified atom stereocenters. The highest BCUT2D eigenvalue weighted by molar-refractivity contribution is 8.08. The maximum absolute atomic E-state index is 11.7. The summed E-state index contributed by atoms with van der Waals surface area (Å²) < 4.78 is 24.9. The van der Waals surface area contributed by atoms with E-state index < -0.39 is 10.0 Å². The molecule has 28 heavy (non-hydrogen) atoms. The summed E-state index contributed by atoms with van der Waals surface area (Å²) in [7, 11) is -3.12. The zero-order valence-electron chi connectivity index (χ0n) is 15.9. The molecule has 0 spiro atoms. The molecule has 2 aromatic rings. The van der Waals surface area contributed by atoms with Crippen molar-refractivity contribution in [1.82, 2.24) is 14.3 Å². The fourth-order valence-electron chi connectivity index (χ4n) is 3.38. The van der Waals surface area contributed by atoms with Crippen LogP contribution in [-0.4, -0.2) is 61.0 Å². The van der Waals surface area contributed by atoms with Crippen molar-refractivity contribution in [2.75, 3.05) is 48.1 Å². The Hall–Kier alpha value is -2.10. The number of hydrogen-bond acceptors (Lipinski definition) is 7. The second kappa shape index (κ2) is 7.73. The minimum atomic E-state index is -3.12. The van der Waals surface area contributed by atoms with Gasteiger partial charge in [0.15, 0.2) is 0 Å². The first-order valence-electron chi connectivity index (χ1n) is 9.10. The average Bonchev–Trinajstić information content (AvgIpc) is 3.18. The van der Waals surface area contributed by atoms with Crippen LogP contribution in [0.15, 0.2) is 42.9 Å². The number of anilines is 2. The van der Waals surface area contributed by atoms with Gasteiger partial charge in [-0.05, 0) is 30.7 Å². The van der Waals surface area contributed by atoms with Gasteiger partial charge in [0.25, 0.3) is 0 Å². The van der Waals surface area contributed by atoms with Crippen molar-refractivity contribution in [3.05, 3.63) is 54.1 Å². The Morgan fingerprint density at radius 1 is 1.04 bits per heavy atom. The van der Waals surface area contributed by atoms with E-state index in [9.17, 15) is 8.42 Å². The van der Waals surface area contributed by atoms with Crippen molar-refractivity contribution in [2.45, 2.75) is 6.92 Å². The summed E-state index contributed by atoms with van der Waals surface area (Å²) in [6, 6.07) is 8.18. The number of nitrogens with zero attached hydrogens (tertiary/aromatic N) is 5. The Morgan fingerprint density at radius 2 is 1.79 bits per heavy atom. The van der Waals surface area contributed by atoms with Crippen LogP contribution in [-0.2, 0) is 10.0 Å². The summed E-state index contributed by atoms with van der Waals surface area (Å²) in [5, 5.41) is 0. The van der Waals surface area contributed by atoms with Crippen molar-refractivity contribution in [3.63, 3.8) is 0 Å². The number of thioether (sulfide) groups is 1. The van der Waals surface area contributed by atoms with Gasteiger partial charge in [0, 0.05) is 67.1 Å². The van der Waals surface area contributed by atoms with E-state index in [-0.39, 0.29) is 0 Å². The van der Waals surface area contributed by atoms with Gasteiger partial charge >= 0.3 is 0 Å². The van der Waals surface area contributed by atoms with Crippen LogP contribution in [0.25, 0.3) is 4.91 Å². The largest absolute Gasteiger partial charge is 0.369 e. The van der Waals surface area contributed by atoms with E-state index in [4.69, 9.17) is 0 Å². The van der Waals surface area contributed by atoms with E-state index in [2.05, 4.69) is 38.1 Å². The van der Waals surface area contributed by atoms with Gasteiger partial charge in [-0.3, -0.25) is 4.98 Å². The molecule has 0 amide bonds. The van der Waals surface area contributed by atoms with Crippen molar-refractivity contribution in [2.24, 2.45) is 0 Å². The Balaban J connectivity index is 1.49. The molecule has 0 aromatic carbocycles. The lowest BCUT2D eigenvalue weighted by Gasteiger charge is -2.35. The van der Waals surface area contributed by atoms with Crippen molar-refractivity contribution in [1.29, 1.82) is 0 Å². The molecule has 9 heteroatoms. The first kappa shape index (κ1) is 19.2. The lowest BCUT2D eigenvalue weighted by Crippen LogP contribution is -2.48. The van der Waals surface area contributed by atoms with Crippen LogP contribution >= 0.6 is 11.8 Å². The summed E-state index contributed by atoms with van der Waals surface area (Å²) in [4.78, 5) is 14.4. The molecule has 2 aliphatic heterocycles. The maximum Gasteiger partial charge on any atom is 0.211 e. The predicted molar refractivity (Wildman–Crippen MR) is 115 cm³/mol. The van der Waals surface area contributed by atoms with Gasteiger partial charge < -0.3 is 9.80 Å². The van der Waals surface area contributed by atoms with Crippen LogP contribution < -0.4 is 9.80 Å². The maximum atomic E-state index is 11.7. The number of sulfonamides is 1. The molecule has 0 saturated carbocycles. The molecular formula is C19H23N5O2S2. The third kappa shape index (κ3) is 4.16. The third-order valence-corrected chi connectivity index (χ3v) is 7.27. The van der Waals surface area contributed by atoms with Crippen LogP contribution in [0.5, 0.6) is 0 Å². The van der Waals surface area contributed by atoms with Gasteiger partial charge in [-0.25, -0.2) is 13.4 Å². The molecule has 2 aromatic heterocycles. The summed E-state index contributed by atoms with van der Waals surface area (Å²) in [6.45, 7) is 4.39. The van der Waals surface area contributed by atoms with Crippen molar-refractivity contribution >= 4 is 38.2 Å². The molecule has 0 atom stereocenters. The van der Waals surface area contributed by atoms with E-state index in [1.807, 2.05) is 31.5 Å². The highest BCUT2D eigenvalue weighted by Crippen LogP contribution is 2.36. The minimum Gasteiger partial charge on any atom is -0.369 e. The molecular weight excluding hydrogens is 394 g/mol. The van der Waals surface area contributed by atoms with E-state index >= 15 is 0 Å². The van der Waals surface area contributed by atoms with E-state index in [1.54, 1.807) is 11.8 Å². The van der Waals surface area contributed by atoms with Crippen molar-refractivity contribution < 1.29 is 8.42 Å². The van der Waals surface area contributed by atoms with Gasteiger partial charge in [-0.1, -0.05) is 0 Å². The van der Waals surface area contributed by atoms with Crippen LogP contribution in [0.2, 0.25) is 0 Å². The topological polar surface area (TPSA) is 69.6 Å². The standard InChI is InChI=1S/C19H23N5O2S2/c1-15-11-16(3-5-20-15)18-13-23(14-27-18)19-12-17(4-6-21-19)22-7-9-24(10-8-22)28(2,25)26/h3-6,11-13H,7-10,14H2,1-2H3. The van der Waals surface area contributed by atoms with Gasteiger partial charge in [0.1, 0.15) is 5.82 Å². The first-order valence-corrected chi connectivity index (χ1v) is 11.9. The lowest BCUT2D eigenvalue weighted by atomic mass is 10.2. The van der Waals surface area contributed by atoms with Crippen LogP contribution in [0, 0.1) is 6.92 Å². The molecule has 1 saturated heterocycles. The van der Waals surface area contributed by atoms with Gasteiger partial charge in [0.2, 0.25) is 10.0 Å². The Bertz CT molecular complexity index is 1000. The SMILES string of the molecule is Cc1cc(C2=CN(c3cc(N4CCN(S(C)(=O)=O)CC4)ccn3)CS2)ccn1. The van der Waals surface area contributed by atoms with Crippen LogP contribution in [0.4, 0.5) is 11.5 Å². The first-order chi connectivity index (χ1) is 13.4. The number of rotatable bonds is 4. The monoisotopic (exact) mass is 417 g/mol. The fourth-order valence-corrected chi connectivity index (χ4v) is 5.19. The van der Waals surface area contributed by atoms with Crippen molar-refractivity contribution in [3.8, 4) is 0 Å². The predicted octanol–water partition coefficient (Wildman–Crippen LogP) is 2.38. The number of hydrogen-bond donors (Lipinski definition) is 0. The van der Waals surface area contributed by atoms with Crippen LogP contribution in [0.1, 0.15) is 11.3 Å². The Morgan fingerprint density at radius 3 is 2.50 bits per heavy atom. The lowest BCUT2D eigenvalue weighted by molar-refractivity contribution is 0.388. The summed E-state index contributed by atoms with van der Waals surface area (Å²) in [6.07, 6.45) is 7.06. The van der Waals surface area contributed by atoms with Crippen LogP contribution in [0.3, 0.4) is 0 Å². The van der Waals surface area contributed by atoms with Gasteiger partial charge in [-0.2, -0.15) is 4.31 Å². The molecule has 7 nitrogen and oxygen atoms in total. The third-order valence-electron chi connectivity index (χ3n) is 4.91. The van der Waals surface area contributed by atoms with Gasteiger partial charge in [0.05, 0.1) is 12.1 Å². The molecule has 0 N–H and O–H groups in total. The average molecular weight is 418 g/mol. The number of aryl methyl sites for hydroxylation is 1. The normalized spacial score (nSPS) is 18.4. The molecule has 4 heterocycles. The molecule has 4 rings (SSSR count). The quantitative estimate of drug-likeness (QED) is 0.756. The Labute approximate surface area is 170 Å². The molecule has 0 aliphatic carbocycles. The summed E-state index contributed by atoms with van der Waals surface area (Å²) >= 11 is 1.78. The molecule has 0 bridgehead atoms. The molecule has 1 fully saturated rings.